The highest BCUT2D eigenvalue weighted by Crippen LogP contribution is 2.39. The minimum atomic E-state index is -3.31. The Balaban J connectivity index is 1.30. The smallest absolute Gasteiger partial charge is 0.233 e. The van der Waals surface area contributed by atoms with Crippen molar-refractivity contribution in [2.24, 2.45) is 5.41 Å². The van der Waals surface area contributed by atoms with Gasteiger partial charge in [0.25, 0.3) is 0 Å². The molecular formula is C28H34FN3O3S. The lowest BCUT2D eigenvalue weighted by Crippen LogP contribution is -2.50. The summed E-state index contributed by atoms with van der Waals surface area (Å²) in [6.45, 7) is 8.33. The molecule has 1 saturated heterocycles. The van der Waals surface area contributed by atoms with Gasteiger partial charge in [-0.05, 0) is 86.2 Å². The predicted molar refractivity (Wildman–Crippen MR) is 141 cm³/mol. The first kappa shape index (κ1) is 25.0. The Morgan fingerprint density at radius 1 is 1.14 bits per heavy atom. The molecular weight excluding hydrogens is 477 g/mol. The Kier molecular flexibility index (Phi) is 6.24. The second-order valence-electron chi connectivity index (χ2n) is 11.1. The standard InChI is InChI=1S/C28H34FN3O3S/c1-18-13-19(24-17-30-25-15-21(29)5-7-23(24)25)9-10-31(18)11-12-32-26-8-6-22(36(4,34)35)14-20(26)16-28(2,3)27(32)33/h5-8,14-15,17-19,30H,9-13,16H2,1-4H3/t18-,19+/m1/s1. The topological polar surface area (TPSA) is 73.5 Å². The maximum atomic E-state index is 13.6. The summed E-state index contributed by atoms with van der Waals surface area (Å²) in [5, 5.41) is 1.09. The van der Waals surface area contributed by atoms with Gasteiger partial charge in [0.15, 0.2) is 9.84 Å². The predicted octanol–water partition coefficient (Wildman–Crippen LogP) is 4.89. The number of nitrogens with one attached hydrogen (secondary N) is 1. The van der Waals surface area contributed by atoms with Gasteiger partial charge in [-0.25, -0.2) is 12.8 Å². The van der Waals surface area contributed by atoms with Crippen molar-refractivity contribution in [3.8, 4) is 0 Å². The second-order valence-corrected chi connectivity index (χ2v) is 13.1. The van der Waals surface area contributed by atoms with Crippen molar-refractivity contribution >= 4 is 32.3 Å². The number of benzene rings is 2. The number of nitrogens with zero attached hydrogens (tertiary/aromatic N) is 2. The van der Waals surface area contributed by atoms with Gasteiger partial charge >= 0.3 is 0 Å². The highest BCUT2D eigenvalue weighted by Gasteiger charge is 2.39. The van der Waals surface area contributed by atoms with Crippen LogP contribution < -0.4 is 4.90 Å². The Hall–Kier alpha value is -2.71. The van der Waals surface area contributed by atoms with E-state index in [-0.39, 0.29) is 11.7 Å². The van der Waals surface area contributed by atoms with Crippen LogP contribution in [0.2, 0.25) is 0 Å². The zero-order valence-electron chi connectivity index (χ0n) is 21.3. The van der Waals surface area contributed by atoms with Crippen molar-refractivity contribution in [2.45, 2.75) is 56.9 Å². The largest absolute Gasteiger partial charge is 0.361 e. The maximum Gasteiger partial charge on any atom is 0.233 e. The normalized spacial score (nSPS) is 22.7. The number of sulfone groups is 1. The quantitative estimate of drug-likeness (QED) is 0.529. The Labute approximate surface area is 212 Å². The molecule has 3 aromatic rings. The fourth-order valence-corrected chi connectivity index (χ4v) is 6.64. The van der Waals surface area contributed by atoms with Gasteiger partial charge in [0.05, 0.1) is 4.90 Å². The van der Waals surface area contributed by atoms with Crippen molar-refractivity contribution < 1.29 is 17.6 Å². The third kappa shape index (κ3) is 4.57. The number of carbonyl (C=O) groups is 1. The molecule has 2 aliphatic heterocycles. The Morgan fingerprint density at radius 3 is 2.64 bits per heavy atom. The average Bonchev–Trinajstić information content (AvgIpc) is 3.22. The van der Waals surface area contributed by atoms with Crippen LogP contribution >= 0.6 is 0 Å². The van der Waals surface area contributed by atoms with Crippen LogP contribution in [0, 0.1) is 11.2 Å². The van der Waals surface area contributed by atoms with Gasteiger partial charge in [-0.2, -0.15) is 0 Å². The van der Waals surface area contributed by atoms with Crippen molar-refractivity contribution in [2.75, 3.05) is 30.8 Å². The number of hydrogen-bond acceptors (Lipinski definition) is 4. The van der Waals surface area contributed by atoms with E-state index in [1.165, 1.54) is 17.9 Å². The van der Waals surface area contributed by atoms with Gasteiger partial charge in [0.2, 0.25) is 5.91 Å². The van der Waals surface area contributed by atoms with Crippen molar-refractivity contribution in [1.29, 1.82) is 0 Å². The highest BCUT2D eigenvalue weighted by molar-refractivity contribution is 7.90. The molecule has 0 bridgehead atoms. The van der Waals surface area contributed by atoms with Crippen molar-refractivity contribution in [1.82, 2.24) is 9.88 Å². The summed E-state index contributed by atoms with van der Waals surface area (Å²) in [6.07, 6.45) is 5.76. The second kappa shape index (κ2) is 8.99. The van der Waals surface area contributed by atoms with E-state index >= 15 is 0 Å². The number of anilines is 1. The molecule has 1 amide bonds. The molecule has 2 aromatic carbocycles. The van der Waals surface area contributed by atoms with Gasteiger partial charge < -0.3 is 9.88 Å². The number of rotatable bonds is 5. The van der Waals surface area contributed by atoms with Gasteiger partial charge in [0, 0.05) is 53.6 Å². The van der Waals surface area contributed by atoms with E-state index in [1.54, 1.807) is 24.3 Å². The summed E-state index contributed by atoms with van der Waals surface area (Å²) >= 11 is 0. The van der Waals surface area contributed by atoms with E-state index < -0.39 is 15.3 Å². The number of likely N-dealkylation sites (tertiary alicyclic amines) is 1. The SMILES string of the molecule is C[C@@H]1C[C@@H](c2c[nH]c3cc(F)ccc23)CCN1CCN1C(=O)C(C)(C)Cc2cc(S(C)(=O)=O)ccc21. The molecule has 1 fully saturated rings. The van der Waals surface area contributed by atoms with Crippen LogP contribution in [0.4, 0.5) is 10.1 Å². The number of aromatic amines is 1. The van der Waals surface area contributed by atoms with E-state index in [9.17, 15) is 17.6 Å². The number of fused-ring (bicyclic) bond motifs is 2. The molecule has 3 heterocycles. The Bertz CT molecular complexity index is 1430. The van der Waals surface area contributed by atoms with Gasteiger partial charge in [-0.1, -0.05) is 13.8 Å². The number of carbonyl (C=O) groups excluding carboxylic acids is 1. The third-order valence-electron chi connectivity index (χ3n) is 7.97. The summed E-state index contributed by atoms with van der Waals surface area (Å²) < 4.78 is 37.8. The van der Waals surface area contributed by atoms with Crippen LogP contribution in [0.3, 0.4) is 0 Å². The zero-order chi connectivity index (χ0) is 25.8. The molecule has 36 heavy (non-hydrogen) atoms. The number of piperidine rings is 1. The monoisotopic (exact) mass is 511 g/mol. The summed E-state index contributed by atoms with van der Waals surface area (Å²) in [4.78, 5) is 21.2. The van der Waals surface area contributed by atoms with E-state index in [2.05, 4.69) is 16.8 Å². The third-order valence-corrected chi connectivity index (χ3v) is 9.08. The molecule has 6 nitrogen and oxygen atoms in total. The first-order valence-corrected chi connectivity index (χ1v) is 14.5. The van der Waals surface area contributed by atoms with Gasteiger partial charge in [-0.15, -0.1) is 0 Å². The lowest BCUT2D eigenvalue weighted by Gasteiger charge is -2.42. The molecule has 0 unspecified atom stereocenters. The van der Waals surface area contributed by atoms with Gasteiger partial charge in [0.1, 0.15) is 5.82 Å². The van der Waals surface area contributed by atoms with E-state index in [1.807, 2.05) is 31.0 Å². The lowest BCUT2D eigenvalue weighted by molar-refractivity contribution is -0.127. The molecule has 0 aliphatic carbocycles. The zero-order valence-corrected chi connectivity index (χ0v) is 22.2. The van der Waals surface area contributed by atoms with Crippen LogP contribution in [0.1, 0.15) is 50.7 Å². The molecule has 1 aromatic heterocycles. The molecule has 192 valence electrons. The lowest BCUT2D eigenvalue weighted by atomic mass is 9.80. The summed E-state index contributed by atoms with van der Waals surface area (Å²) in [5.41, 5.74) is 3.23. The van der Waals surface area contributed by atoms with E-state index in [0.717, 1.165) is 48.1 Å². The molecule has 1 N–H and O–H groups in total. The number of amides is 1. The maximum absolute atomic E-state index is 13.6. The van der Waals surface area contributed by atoms with Crippen molar-refractivity contribution in [3.05, 3.63) is 59.5 Å². The van der Waals surface area contributed by atoms with Crippen LogP contribution in [-0.2, 0) is 21.1 Å². The number of halogens is 1. The van der Waals surface area contributed by atoms with Crippen molar-refractivity contribution in [3.63, 3.8) is 0 Å². The van der Waals surface area contributed by atoms with E-state index in [4.69, 9.17) is 0 Å². The molecule has 0 spiro atoms. The van der Waals surface area contributed by atoms with Crippen LogP contribution in [0.15, 0.2) is 47.5 Å². The minimum Gasteiger partial charge on any atom is -0.361 e. The average molecular weight is 512 g/mol. The number of hydrogen-bond donors (Lipinski definition) is 1. The highest BCUT2D eigenvalue weighted by atomic mass is 32.2. The van der Waals surface area contributed by atoms with E-state index in [0.29, 0.717) is 29.8 Å². The van der Waals surface area contributed by atoms with Crippen LogP contribution in [0.25, 0.3) is 10.9 Å². The minimum absolute atomic E-state index is 0.0793. The summed E-state index contributed by atoms with van der Waals surface area (Å²) in [5.74, 6) is 0.250. The number of H-pyrrole nitrogens is 1. The van der Waals surface area contributed by atoms with Crippen LogP contribution in [-0.4, -0.2) is 56.1 Å². The van der Waals surface area contributed by atoms with Crippen LogP contribution in [0.5, 0.6) is 0 Å². The summed E-state index contributed by atoms with van der Waals surface area (Å²) in [7, 11) is -3.31. The van der Waals surface area contributed by atoms with Gasteiger partial charge in [-0.3, -0.25) is 9.69 Å². The molecule has 0 radical (unpaired) electrons. The molecule has 5 rings (SSSR count). The number of aromatic nitrogens is 1. The fourth-order valence-electron chi connectivity index (χ4n) is 5.97. The molecule has 2 atom stereocenters. The first-order chi connectivity index (χ1) is 16.9. The summed E-state index contributed by atoms with van der Waals surface area (Å²) in [6, 6.07) is 10.4. The molecule has 8 heteroatoms. The Morgan fingerprint density at radius 2 is 1.92 bits per heavy atom. The first-order valence-electron chi connectivity index (χ1n) is 12.6. The molecule has 0 saturated carbocycles. The fraction of sp³-hybridized carbons (Fsp3) is 0.464. The molecule has 2 aliphatic rings.